The quantitative estimate of drug-likeness (QED) is 0.812. The van der Waals surface area contributed by atoms with Crippen LogP contribution in [0.1, 0.15) is 40.6 Å². The van der Waals surface area contributed by atoms with Gasteiger partial charge in [0.1, 0.15) is 6.54 Å². The highest BCUT2D eigenvalue weighted by Gasteiger charge is 2.27. The average Bonchev–Trinajstić information content (AvgIpc) is 3.10. The van der Waals surface area contributed by atoms with E-state index in [1.54, 1.807) is 0 Å². The van der Waals surface area contributed by atoms with E-state index >= 15 is 0 Å². The molecule has 0 aliphatic carbocycles. The SMILES string of the molecule is Cc1ccc(C2OCCCC2CNC(=O)Cn2cc(C(=O)O)nn2)cc1. The second-order valence-electron chi connectivity index (χ2n) is 6.51. The lowest BCUT2D eigenvalue weighted by Crippen LogP contribution is -2.36. The van der Waals surface area contributed by atoms with Crippen LogP contribution in [0.25, 0.3) is 0 Å². The first kappa shape index (κ1) is 18.1. The average molecular weight is 358 g/mol. The molecule has 1 aliphatic rings. The summed E-state index contributed by atoms with van der Waals surface area (Å²) < 4.78 is 7.17. The lowest BCUT2D eigenvalue weighted by molar-refractivity contribution is -0.122. The second kappa shape index (κ2) is 8.09. The molecule has 1 aromatic heterocycles. The Morgan fingerprint density at radius 1 is 1.35 bits per heavy atom. The van der Waals surface area contributed by atoms with E-state index in [0.717, 1.165) is 25.0 Å². The molecule has 2 heterocycles. The molecule has 0 spiro atoms. The molecule has 0 saturated carbocycles. The van der Waals surface area contributed by atoms with Gasteiger partial charge in [-0.15, -0.1) is 5.10 Å². The number of benzene rings is 1. The number of aryl methyl sites for hydroxylation is 1. The number of carbonyl (C=O) groups is 2. The molecule has 1 fully saturated rings. The molecule has 2 atom stereocenters. The predicted molar refractivity (Wildman–Crippen MR) is 92.6 cm³/mol. The lowest BCUT2D eigenvalue weighted by Gasteiger charge is -2.32. The van der Waals surface area contributed by atoms with E-state index in [4.69, 9.17) is 9.84 Å². The van der Waals surface area contributed by atoms with E-state index in [-0.39, 0.29) is 30.2 Å². The van der Waals surface area contributed by atoms with Gasteiger partial charge in [0.05, 0.1) is 12.3 Å². The maximum atomic E-state index is 12.1. The van der Waals surface area contributed by atoms with Crippen LogP contribution in [0.3, 0.4) is 0 Å². The Hall–Kier alpha value is -2.74. The molecule has 0 radical (unpaired) electrons. The summed E-state index contributed by atoms with van der Waals surface area (Å²) in [7, 11) is 0. The van der Waals surface area contributed by atoms with Gasteiger partial charge in [-0.3, -0.25) is 4.79 Å². The molecule has 3 rings (SSSR count). The smallest absolute Gasteiger partial charge is 0.358 e. The molecule has 2 aromatic rings. The maximum Gasteiger partial charge on any atom is 0.358 e. The number of carbonyl (C=O) groups excluding carboxylic acids is 1. The van der Waals surface area contributed by atoms with Gasteiger partial charge in [-0.05, 0) is 25.3 Å². The van der Waals surface area contributed by atoms with Gasteiger partial charge in [-0.25, -0.2) is 9.48 Å². The van der Waals surface area contributed by atoms with E-state index in [2.05, 4.69) is 39.9 Å². The van der Waals surface area contributed by atoms with Crippen LogP contribution in [-0.2, 0) is 16.1 Å². The first-order valence-corrected chi connectivity index (χ1v) is 8.61. The first-order chi connectivity index (χ1) is 12.5. The summed E-state index contributed by atoms with van der Waals surface area (Å²) in [4.78, 5) is 22.9. The van der Waals surface area contributed by atoms with Crippen molar-refractivity contribution in [2.24, 2.45) is 5.92 Å². The molecule has 1 amide bonds. The van der Waals surface area contributed by atoms with Crippen LogP contribution < -0.4 is 5.32 Å². The van der Waals surface area contributed by atoms with Gasteiger partial charge < -0.3 is 15.2 Å². The zero-order chi connectivity index (χ0) is 18.5. The van der Waals surface area contributed by atoms with Gasteiger partial charge in [0.15, 0.2) is 5.69 Å². The van der Waals surface area contributed by atoms with Crippen molar-refractivity contribution in [2.45, 2.75) is 32.4 Å². The normalized spacial score (nSPS) is 19.9. The zero-order valence-corrected chi connectivity index (χ0v) is 14.6. The Morgan fingerprint density at radius 2 is 2.12 bits per heavy atom. The molecule has 138 valence electrons. The fourth-order valence-corrected chi connectivity index (χ4v) is 3.10. The van der Waals surface area contributed by atoms with E-state index in [9.17, 15) is 9.59 Å². The van der Waals surface area contributed by atoms with Gasteiger partial charge in [-0.2, -0.15) is 0 Å². The first-order valence-electron chi connectivity index (χ1n) is 8.61. The number of hydrogen-bond acceptors (Lipinski definition) is 5. The maximum absolute atomic E-state index is 12.1. The monoisotopic (exact) mass is 358 g/mol. The minimum atomic E-state index is -1.17. The summed E-state index contributed by atoms with van der Waals surface area (Å²) in [6.07, 6.45) is 3.15. The number of nitrogens with one attached hydrogen (secondary N) is 1. The third-order valence-corrected chi connectivity index (χ3v) is 4.48. The summed E-state index contributed by atoms with van der Waals surface area (Å²) in [5.41, 5.74) is 2.14. The predicted octanol–water partition coefficient (Wildman–Crippen LogP) is 1.57. The Kier molecular flexibility index (Phi) is 5.62. The Balaban J connectivity index is 1.56. The number of rotatable bonds is 6. The van der Waals surface area contributed by atoms with Crippen LogP contribution >= 0.6 is 0 Å². The topological polar surface area (TPSA) is 106 Å². The summed E-state index contributed by atoms with van der Waals surface area (Å²) in [6, 6.07) is 8.27. The molecule has 26 heavy (non-hydrogen) atoms. The van der Waals surface area contributed by atoms with Crippen molar-refractivity contribution in [3.05, 3.63) is 47.3 Å². The highest BCUT2D eigenvalue weighted by Crippen LogP contribution is 2.33. The minimum absolute atomic E-state index is 0.0327. The number of amides is 1. The molecule has 8 nitrogen and oxygen atoms in total. The van der Waals surface area contributed by atoms with E-state index in [1.807, 2.05) is 6.92 Å². The number of nitrogens with zero attached hydrogens (tertiary/aromatic N) is 3. The highest BCUT2D eigenvalue weighted by molar-refractivity contribution is 5.84. The number of carboxylic acid groups (broad SMARTS) is 1. The van der Waals surface area contributed by atoms with Crippen molar-refractivity contribution in [1.29, 1.82) is 0 Å². The summed E-state index contributed by atoms with van der Waals surface area (Å²) in [5, 5.41) is 18.9. The molecule has 1 saturated heterocycles. The number of carboxylic acids is 1. The van der Waals surface area contributed by atoms with Crippen LogP contribution in [0.2, 0.25) is 0 Å². The summed E-state index contributed by atoms with van der Waals surface area (Å²) in [5.74, 6) is -1.21. The van der Waals surface area contributed by atoms with Gasteiger partial charge in [0.25, 0.3) is 0 Å². The summed E-state index contributed by atoms with van der Waals surface area (Å²) in [6.45, 7) is 3.20. The van der Waals surface area contributed by atoms with Crippen LogP contribution in [0.5, 0.6) is 0 Å². The van der Waals surface area contributed by atoms with Crippen molar-refractivity contribution in [1.82, 2.24) is 20.3 Å². The third-order valence-electron chi connectivity index (χ3n) is 4.48. The number of aromatic nitrogens is 3. The van der Waals surface area contributed by atoms with Crippen molar-refractivity contribution < 1.29 is 19.4 Å². The molecule has 8 heteroatoms. The number of hydrogen-bond donors (Lipinski definition) is 2. The molecule has 0 bridgehead atoms. The van der Waals surface area contributed by atoms with Crippen LogP contribution in [0.4, 0.5) is 0 Å². The Morgan fingerprint density at radius 3 is 2.81 bits per heavy atom. The van der Waals surface area contributed by atoms with Crippen molar-refractivity contribution in [3.63, 3.8) is 0 Å². The van der Waals surface area contributed by atoms with E-state index < -0.39 is 5.97 Å². The van der Waals surface area contributed by atoms with Crippen molar-refractivity contribution >= 4 is 11.9 Å². The van der Waals surface area contributed by atoms with Crippen LogP contribution in [0.15, 0.2) is 30.5 Å². The number of ether oxygens (including phenoxy) is 1. The molecule has 1 aromatic carbocycles. The molecule has 1 aliphatic heterocycles. The van der Waals surface area contributed by atoms with Crippen LogP contribution in [0, 0.1) is 12.8 Å². The van der Waals surface area contributed by atoms with Crippen LogP contribution in [-0.4, -0.2) is 45.1 Å². The highest BCUT2D eigenvalue weighted by atomic mass is 16.5. The van der Waals surface area contributed by atoms with Gasteiger partial charge >= 0.3 is 5.97 Å². The second-order valence-corrected chi connectivity index (χ2v) is 6.51. The molecular formula is C18H22N4O4. The lowest BCUT2D eigenvalue weighted by atomic mass is 9.89. The number of aromatic carboxylic acids is 1. The Bertz CT molecular complexity index is 772. The van der Waals surface area contributed by atoms with Gasteiger partial charge in [0, 0.05) is 19.1 Å². The minimum Gasteiger partial charge on any atom is -0.476 e. The summed E-state index contributed by atoms with van der Waals surface area (Å²) >= 11 is 0. The van der Waals surface area contributed by atoms with Crippen molar-refractivity contribution in [2.75, 3.05) is 13.2 Å². The van der Waals surface area contributed by atoms with Gasteiger partial charge in [-0.1, -0.05) is 35.0 Å². The third kappa shape index (κ3) is 4.45. The standard InChI is InChI=1S/C18H22N4O4/c1-12-4-6-13(7-5-12)17-14(3-2-8-26-17)9-19-16(23)11-22-10-15(18(24)25)20-21-22/h4-7,10,14,17H,2-3,8-9,11H2,1H3,(H,19,23)(H,24,25). The molecular weight excluding hydrogens is 336 g/mol. The van der Waals surface area contributed by atoms with Crippen molar-refractivity contribution in [3.8, 4) is 0 Å². The largest absolute Gasteiger partial charge is 0.476 e. The van der Waals surface area contributed by atoms with E-state index in [1.165, 1.54) is 16.4 Å². The van der Waals surface area contributed by atoms with E-state index in [0.29, 0.717) is 6.54 Å². The Labute approximate surface area is 151 Å². The molecule has 2 N–H and O–H groups in total. The van der Waals surface area contributed by atoms with Gasteiger partial charge in [0.2, 0.25) is 5.91 Å². The molecule has 2 unspecified atom stereocenters. The fourth-order valence-electron chi connectivity index (χ4n) is 3.10. The fraction of sp³-hybridized carbons (Fsp3) is 0.444. The zero-order valence-electron chi connectivity index (χ0n) is 14.6.